The van der Waals surface area contributed by atoms with Crippen molar-refractivity contribution >= 4 is 5.97 Å². The van der Waals surface area contributed by atoms with Crippen molar-refractivity contribution in [2.45, 2.75) is 51.6 Å². The van der Waals surface area contributed by atoms with Crippen molar-refractivity contribution in [2.75, 3.05) is 19.8 Å². The maximum Gasteiger partial charge on any atom is 0.306 e. The smallest absolute Gasteiger partial charge is 0.306 e. The molecule has 2 unspecified atom stereocenters. The van der Waals surface area contributed by atoms with Crippen molar-refractivity contribution in [1.82, 2.24) is 0 Å². The molecule has 1 spiro atoms. The van der Waals surface area contributed by atoms with Crippen molar-refractivity contribution in [3.05, 3.63) is 0 Å². The molecule has 0 aromatic heterocycles. The molecule has 1 N–H and O–H groups in total. The molecule has 2 saturated heterocycles. The SMILES string of the molecule is CC(C)CC(C(=O)O)C1CCOC2(CCOCC2)C1. The fourth-order valence-corrected chi connectivity index (χ4v) is 3.50. The van der Waals surface area contributed by atoms with Crippen LogP contribution in [0.2, 0.25) is 0 Å². The number of hydrogen-bond acceptors (Lipinski definition) is 3. The Labute approximate surface area is 115 Å². The van der Waals surface area contributed by atoms with E-state index in [1.165, 1.54) is 0 Å². The number of rotatable bonds is 4. The second kappa shape index (κ2) is 6.23. The van der Waals surface area contributed by atoms with E-state index < -0.39 is 5.97 Å². The monoisotopic (exact) mass is 270 g/mol. The lowest BCUT2D eigenvalue weighted by atomic mass is 9.73. The Hall–Kier alpha value is -0.610. The topological polar surface area (TPSA) is 55.8 Å². The van der Waals surface area contributed by atoms with Crippen LogP contribution in [0, 0.1) is 17.8 Å². The highest BCUT2D eigenvalue weighted by atomic mass is 16.5. The maximum absolute atomic E-state index is 11.5. The first kappa shape index (κ1) is 14.8. The van der Waals surface area contributed by atoms with Gasteiger partial charge in [0.1, 0.15) is 0 Å². The quantitative estimate of drug-likeness (QED) is 0.853. The van der Waals surface area contributed by atoms with Crippen molar-refractivity contribution in [2.24, 2.45) is 17.8 Å². The minimum Gasteiger partial charge on any atom is -0.481 e. The molecule has 4 heteroatoms. The molecule has 2 atom stereocenters. The highest BCUT2D eigenvalue weighted by molar-refractivity contribution is 5.70. The van der Waals surface area contributed by atoms with Gasteiger partial charge in [-0.05, 0) is 43.9 Å². The van der Waals surface area contributed by atoms with Crippen LogP contribution in [0.25, 0.3) is 0 Å². The predicted octanol–water partition coefficient (Wildman–Crippen LogP) is 2.71. The Morgan fingerprint density at radius 1 is 1.32 bits per heavy atom. The Balaban J connectivity index is 2.03. The summed E-state index contributed by atoms with van der Waals surface area (Å²) in [5.74, 6) is -0.173. The summed E-state index contributed by atoms with van der Waals surface area (Å²) in [7, 11) is 0. The number of hydrogen-bond donors (Lipinski definition) is 1. The van der Waals surface area contributed by atoms with Gasteiger partial charge in [-0.25, -0.2) is 0 Å². The molecule has 2 aliphatic heterocycles. The van der Waals surface area contributed by atoms with Gasteiger partial charge in [0.05, 0.1) is 11.5 Å². The third-order valence-corrected chi connectivity index (χ3v) is 4.55. The lowest BCUT2D eigenvalue weighted by Gasteiger charge is -2.44. The molecule has 0 radical (unpaired) electrons. The zero-order valence-corrected chi connectivity index (χ0v) is 12.1. The molecule has 110 valence electrons. The van der Waals surface area contributed by atoms with Gasteiger partial charge in [-0.1, -0.05) is 13.8 Å². The molecular weight excluding hydrogens is 244 g/mol. The second-order valence-electron chi connectivity index (χ2n) is 6.47. The highest BCUT2D eigenvalue weighted by Crippen LogP contribution is 2.41. The highest BCUT2D eigenvalue weighted by Gasteiger charge is 2.42. The van der Waals surface area contributed by atoms with E-state index in [2.05, 4.69) is 13.8 Å². The summed E-state index contributed by atoms with van der Waals surface area (Å²) in [5.41, 5.74) is -0.105. The van der Waals surface area contributed by atoms with Crippen LogP contribution in [0.1, 0.15) is 46.0 Å². The Kier molecular flexibility index (Phi) is 4.85. The molecule has 2 rings (SSSR count). The summed E-state index contributed by atoms with van der Waals surface area (Å²) in [6.07, 6.45) is 4.37. The first-order chi connectivity index (χ1) is 9.02. The van der Waals surface area contributed by atoms with Gasteiger partial charge >= 0.3 is 5.97 Å². The van der Waals surface area contributed by atoms with E-state index in [1.807, 2.05) is 0 Å². The van der Waals surface area contributed by atoms with E-state index in [0.717, 1.165) is 45.3 Å². The number of aliphatic carboxylic acids is 1. The molecule has 0 saturated carbocycles. The van der Waals surface area contributed by atoms with Crippen LogP contribution in [-0.4, -0.2) is 36.5 Å². The van der Waals surface area contributed by atoms with E-state index in [9.17, 15) is 9.90 Å². The summed E-state index contributed by atoms with van der Waals surface area (Å²) in [6.45, 7) is 6.38. The van der Waals surface area contributed by atoms with Gasteiger partial charge in [0.2, 0.25) is 0 Å². The van der Waals surface area contributed by atoms with Gasteiger partial charge < -0.3 is 14.6 Å². The Morgan fingerprint density at radius 2 is 2.00 bits per heavy atom. The molecule has 0 aromatic carbocycles. The minimum absolute atomic E-state index is 0.105. The molecule has 19 heavy (non-hydrogen) atoms. The molecular formula is C15H26O4. The second-order valence-corrected chi connectivity index (χ2v) is 6.47. The Morgan fingerprint density at radius 3 is 2.58 bits per heavy atom. The van der Waals surface area contributed by atoms with Crippen molar-refractivity contribution in [1.29, 1.82) is 0 Å². The van der Waals surface area contributed by atoms with E-state index in [4.69, 9.17) is 9.47 Å². The van der Waals surface area contributed by atoms with Crippen LogP contribution in [0.5, 0.6) is 0 Å². The van der Waals surface area contributed by atoms with Gasteiger partial charge in [0.25, 0.3) is 0 Å². The molecule has 2 heterocycles. The standard InChI is InChI=1S/C15H26O4/c1-11(2)9-13(14(16)17)12-3-6-19-15(10-12)4-7-18-8-5-15/h11-13H,3-10H2,1-2H3,(H,16,17). The number of carboxylic acid groups (broad SMARTS) is 1. The third-order valence-electron chi connectivity index (χ3n) is 4.55. The Bertz CT molecular complexity index is 302. The zero-order chi connectivity index (χ0) is 13.9. The largest absolute Gasteiger partial charge is 0.481 e. The lowest BCUT2D eigenvalue weighted by Crippen LogP contribution is -2.46. The van der Waals surface area contributed by atoms with E-state index in [-0.39, 0.29) is 17.4 Å². The van der Waals surface area contributed by atoms with Crippen molar-refractivity contribution < 1.29 is 19.4 Å². The third kappa shape index (κ3) is 3.69. The molecule has 0 aliphatic carbocycles. The minimum atomic E-state index is -0.636. The van der Waals surface area contributed by atoms with Gasteiger partial charge in [0.15, 0.2) is 0 Å². The van der Waals surface area contributed by atoms with E-state index in [0.29, 0.717) is 12.5 Å². The molecule has 2 aliphatic rings. The van der Waals surface area contributed by atoms with Crippen LogP contribution >= 0.6 is 0 Å². The van der Waals surface area contributed by atoms with Gasteiger partial charge in [0, 0.05) is 19.8 Å². The normalized spacial score (nSPS) is 28.5. The predicted molar refractivity (Wildman–Crippen MR) is 72.0 cm³/mol. The maximum atomic E-state index is 11.5. The van der Waals surface area contributed by atoms with E-state index in [1.54, 1.807) is 0 Å². The van der Waals surface area contributed by atoms with Gasteiger partial charge in [-0.3, -0.25) is 4.79 Å². The summed E-state index contributed by atoms with van der Waals surface area (Å²) in [6, 6.07) is 0. The molecule has 0 amide bonds. The van der Waals surface area contributed by atoms with Gasteiger partial charge in [-0.2, -0.15) is 0 Å². The fourth-order valence-electron chi connectivity index (χ4n) is 3.50. The molecule has 4 nitrogen and oxygen atoms in total. The number of carboxylic acids is 1. The first-order valence-electron chi connectivity index (χ1n) is 7.47. The van der Waals surface area contributed by atoms with Crippen LogP contribution in [0.3, 0.4) is 0 Å². The summed E-state index contributed by atoms with van der Waals surface area (Å²) in [4.78, 5) is 11.5. The van der Waals surface area contributed by atoms with Crippen molar-refractivity contribution in [3.63, 3.8) is 0 Å². The van der Waals surface area contributed by atoms with E-state index >= 15 is 0 Å². The summed E-state index contributed by atoms with van der Waals surface area (Å²) < 4.78 is 11.4. The van der Waals surface area contributed by atoms with Crippen LogP contribution in [0.15, 0.2) is 0 Å². The average molecular weight is 270 g/mol. The van der Waals surface area contributed by atoms with Crippen LogP contribution in [0.4, 0.5) is 0 Å². The van der Waals surface area contributed by atoms with Crippen LogP contribution in [-0.2, 0) is 14.3 Å². The molecule has 0 aromatic rings. The average Bonchev–Trinajstić information content (AvgIpc) is 2.36. The number of ether oxygens (including phenoxy) is 2. The fraction of sp³-hybridized carbons (Fsp3) is 0.933. The number of carbonyl (C=O) groups is 1. The first-order valence-corrected chi connectivity index (χ1v) is 7.47. The summed E-state index contributed by atoms with van der Waals surface area (Å²) >= 11 is 0. The van der Waals surface area contributed by atoms with Gasteiger partial charge in [-0.15, -0.1) is 0 Å². The van der Waals surface area contributed by atoms with Crippen LogP contribution < -0.4 is 0 Å². The molecule has 0 bridgehead atoms. The summed E-state index contributed by atoms with van der Waals surface area (Å²) in [5, 5.41) is 9.50. The zero-order valence-electron chi connectivity index (χ0n) is 12.1. The van der Waals surface area contributed by atoms with Crippen molar-refractivity contribution in [3.8, 4) is 0 Å². The molecule has 2 fully saturated rings. The lowest BCUT2D eigenvalue weighted by molar-refractivity contribution is -0.164.